The molecule has 0 spiro atoms. The Balaban J connectivity index is 2.29. The number of aryl methyl sites for hydroxylation is 3. The Kier molecular flexibility index (Phi) is 5.53. The molecule has 24 heavy (non-hydrogen) atoms. The minimum absolute atomic E-state index is 0.0929. The normalized spacial score (nSPS) is 13.0. The van der Waals surface area contributed by atoms with Gasteiger partial charge in [0, 0.05) is 12.8 Å². The highest BCUT2D eigenvalue weighted by atomic mass is 32.2. The molecule has 1 aromatic heterocycles. The second kappa shape index (κ2) is 7.25. The fraction of sp³-hybridized carbons (Fsp3) is 0.375. The summed E-state index contributed by atoms with van der Waals surface area (Å²) in [5.41, 5.74) is 2.26. The predicted molar refractivity (Wildman–Crippen MR) is 89.5 cm³/mol. The van der Waals surface area contributed by atoms with E-state index < -0.39 is 22.0 Å². The number of carbonyl (C=O) groups excluding carboxylic acids is 1. The van der Waals surface area contributed by atoms with E-state index in [1.165, 1.54) is 23.9 Å². The zero-order valence-corrected chi connectivity index (χ0v) is 14.9. The number of carbonyl (C=O) groups is 1. The van der Waals surface area contributed by atoms with Crippen molar-refractivity contribution in [2.24, 2.45) is 0 Å². The molecule has 0 aliphatic rings. The first-order chi connectivity index (χ1) is 11.2. The number of methoxy groups -OCH3 is 1. The lowest BCUT2D eigenvalue weighted by Crippen LogP contribution is -2.46. The van der Waals surface area contributed by atoms with Crippen LogP contribution in [-0.4, -0.2) is 43.9 Å². The third-order valence-corrected chi connectivity index (χ3v) is 4.97. The van der Waals surface area contributed by atoms with Crippen molar-refractivity contribution >= 4 is 15.9 Å². The molecule has 1 unspecified atom stereocenters. The lowest BCUT2D eigenvalue weighted by atomic mass is 10.2. The molecule has 0 bridgehead atoms. The van der Waals surface area contributed by atoms with Crippen LogP contribution in [0.15, 0.2) is 35.2 Å². The number of rotatable bonds is 6. The molecule has 7 nitrogen and oxygen atoms in total. The second-order valence-corrected chi connectivity index (χ2v) is 7.33. The van der Waals surface area contributed by atoms with Crippen LogP contribution in [0.5, 0.6) is 0 Å². The van der Waals surface area contributed by atoms with Crippen molar-refractivity contribution in [1.29, 1.82) is 0 Å². The summed E-state index contributed by atoms with van der Waals surface area (Å²) in [7, 11) is -2.45. The molecule has 1 N–H and O–H groups in total. The quantitative estimate of drug-likeness (QED) is 0.850. The van der Waals surface area contributed by atoms with Crippen LogP contribution >= 0.6 is 0 Å². The van der Waals surface area contributed by atoms with E-state index in [0.29, 0.717) is 11.4 Å². The summed E-state index contributed by atoms with van der Waals surface area (Å²) in [5.74, 6) is -0.488. The van der Waals surface area contributed by atoms with E-state index in [4.69, 9.17) is 4.74 Å². The SMILES string of the molecule is COCC(NS(=O)(=O)c1ccc(C)cc1)C(=O)n1nc(C)cc1C. The standard InChI is InChI=1S/C16H21N3O4S/c1-11-5-7-14(8-6-11)24(21,22)18-15(10-23-4)16(20)19-13(3)9-12(2)17-19/h5-9,15,18H,10H2,1-4H3. The summed E-state index contributed by atoms with van der Waals surface area (Å²) in [6.07, 6.45) is 0. The molecule has 0 aliphatic heterocycles. The molecule has 2 aromatic rings. The first-order valence-corrected chi connectivity index (χ1v) is 8.88. The first kappa shape index (κ1) is 18.3. The second-order valence-electron chi connectivity index (χ2n) is 5.62. The van der Waals surface area contributed by atoms with Crippen molar-refractivity contribution in [3.8, 4) is 0 Å². The van der Waals surface area contributed by atoms with E-state index in [2.05, 4.69) is 9.82 Å². The Morgan fingerprint density at radius 1 is 1.25 bits per heavy atom. The molecular formula is C16H21N3O4S. The van der Waals surface area contributed by atoms with E-state index >= 15 is 0 Å². The number of ether oxygens (including phenoxy) is 1. The molecule has 0 saturated heterocycles. The highest BCUT2D eigenvalue weighted by Crippen LogP contribution is 2.12. The molecule has 1 heterocycles. The summed E-state index contributed by atoms with van der Waals surface area (Å²) in [4.78, 5) is 12.7. The molecular weight excluding hydrogens is 330 g/mol. The highest BCUT2D eigenvalue weighted by molar-refractivity contribution is 7.89. The van der Waals surface area contributed by atoms with Gasteiger partial charge in [0.15, 0.2) is 0 Å². The predicted octanol–water partition coefficient (Wildman–Crippen LogP) is 1.44. The van der Waals surface area contributed by atoms with E-state index in [-0.39, 0.29) is 11.5 Å². The van der Waals surface area contributed by atoms with E-state index in [1.807, 2.05) is 6.92 Å². The molecule has 130 valence electrons. The Bertz CT molecular complexity index is 826. The number of hydrogen-bond donors (Lipinski definition) is 1. The maximum absolute atomic E-state index is 12.6. The fourth-order valence-corrected chi connectivity index (χ4v) is 3.47. The average Bonchev–Trinajstić information content (AvgIpc) is 2.85. The zero-order chi connectivity index (χ0) is 17.9. The summed E-state index contributed by atoms with van der Waals surface area (Å²) in [6, 6.07) is 7.06. The molecule has 0 amide bonds. The van der Waals surface area contributed by atoms with E-state index in [0.717, 1.165) is 5.56 Å². The number of nitrogens with zero attached hydrogens (tertiary/aromatic N) is 2. The number of benzene rings is 1. The van der Waals surface area contributed by atoms with Gasteiger partial charge in [0.2, 0.25) is 10.0 Å². The number of hydrogen-bond acceptors (Lipinski definition) is 5. The maximum Gasteiger partial charge on any atom is 0.267 e. The van der Waals surface area contributed by atoms with Crippen LogP contribution in [-0.2, 0) is 14.8 Å². The summed E-state index contributed by atoms with van der Waals surface area (Å²) < 4.78 is 33.6. The Hall–Kier alpha value is -2.03. The van der Waals surface area contributed by atoms with Gasteiger partial charge in [-0.3, -0.25) is 4.79 Å². The molecule has 8 heteroatoms. The van der Waals surface area contributed by atoms with Gasteiger partial charge in [-0.2, -0.15) is 9.82 Å². The zero-order valence-electron chi connectivity index (χ0n) is 14.1. The fourth-order valence-electron chi connectivity index (χ4n) is 2.29. The first-order valence-electron chi connectivity index (χ1n) is 7.40. The lowest BCUT2D eigenvalue weighted by molar-refractivity contribution is 0.0775. The van der Waals surface area contributed by atoms with Gasteiger partial charge in [-0.15, -0.1) is 0 Å². The van der Waals surface area contributed by atoms with Crippen LogP contribution in [0.2, 0.25) is 0 Å². The van der Waals surface area contributed by atoms with Gasteiger partial charge in [-0.25, -0.2) is 13.1 Å². The molecule has 0 saturated carbocycles. The van der Waals surface area contributed by atoms with Crippen molar-refractivity contribution < 1.29 is 17.9 Å². The maximum atomic E-state index is 12.6. The van der Waals surface area contributed by atoms with Crippen molar-refractivity contribution in [3.05, 3.63) is 47.3 Å². The molecule has 1 aromatic carbocycles. The van der Waals surface area contributed by atoms with Crippen LogP contribution in [0.1, 0.15) is 21.7 Å². The van der Waals surface area contributed by atoms with Gasteiger partial charge >= 0.3 is 0 Å². The monoisotopic (exact) mass is 351 g/mol. The van der Waals surface area contributed by atoms with E-state index in [1.54, 1.807) is 32.0 Å². The minimum atomic E-state index is -3.85. The van der Waals surface area contributed by atoms with Gasteiger partial charge in [0.1, 0.15) is 6.04 Å². The molecule has 0 aliphatic carbocycles. The Morgan fingerprint density at radius 2 is 1.88 bits per heavy atom. The van der Waals surface area contributed by atoms with Crippen LogP contribution in [0.3, 0.4) is 0 Å². The van der Waals surface area contributed by atoms with Crippen LogP contribution < -0.4 is 4.72 Å². The largest absolute Gasteiger partial charge is 0.382 e. The molecule has 2 rings (SSSR count). The summed E-state index contributed by atoms with van der Waals surface area (Å²) >= 11 is 0. The van der Waals surface area contributed by atoms with Gasteiger partial charge in [-0.1, -0.05) is 17.7 Å². The van der Waals surface area contributed by atoms with Crippen LogP contribution in [0.25, 0.3) is 0 Å². The number of sulfonamides is 1. The number of aromatic nitrogens is 2. The Labute approximate surface area is 141 Å². The van der Waals surface area contributed by atoms with Gasteiger partial charge in [0.05, 0.1) is 17.2 Å². The van der Waals surface area contributed by atoms with Crippen LogP contribution in [0, 0.1) is 20.8 Å². The smallest absolute Gasteiger partial charge is 0.267 e. The van der Waals surface area contributed by atoms with Crippen LogP contribution in [0.4, 0.5) is 0 Å². The third kappa shape index (κ3) is 4.08. The van der Waals surface area contributed by atoms with Gasteiger partial charge in [0.25, 0.3) is 5.91 Å². The summed E-state index contributed by atoms with van der Waals surface area (Å²) in [6.45, 7) is 5.26. The average molecular weight is 351 g/mol. The highest BCUT2D eigenvalue weighted by Gasteiger charge is 2.28. The lowest BCUT2D eigenvalue weighted by Gasteiger charge is -2.17. The van der Waals surface area contributed by atoms with Crippen molar-refractivity contribution in [3.63, 3.8) is 0 Å². The Morgan fingerprint density at radius 3 is 2.38 bits per heavy atom. The van der Waals surface area contributed by atoms with Crippen molar-refractivity contribution in [2.75, 3.05) is 13.7 Å². The number of nitrogens with one attached hydrogen (secondary N) is 1. The molecule has 1 atom stereocenters. The molecule has 0 fully saturated rings. The van der Waals surface area contributed by atoms with E-state index in [9.17, 15) is 13.2 Å². The third-order valence-electron chi connectivity index (χ3n) is 3.48. The van der Waals surface area contributed by atoms with Gasteiger partial charge < -0.3 is 4.74 Å². The molecule has 0 radical (unpaired) electrons. The minimum Gasteiger partial charge on any atom is -0.382 e. The van der Waals surface area contributed by atoms with Crippen molar-refractivity contribution in [1.82, 2.24) is 14.5 Å². The van der Waals surface area contributed by atoms with Gasteiger partial charge in [-0.05, 0) is 39.0 Å². The van der Waals surface area contributed by atoms with Crippen molar-refractivity contribution in [2.45, 2.75) is 31.7 Å². The topological polar surface area (TPSA) is 90.3 Å². The summed E-state index contributed by atoms with van der Waals surface area (Å²) in [5, 5.41) is 4.10.